The minimum atomic E-state index is -0.925. The van der Waals surface area contributed by atoms with Crippen molar-refractivity contribution < 1.29 is 29.0 Å². The number of carbonyl (C=O) groups is 3. The van der Waals surface area contributed by atoms with Crippen LogP contribution in [0.2, 0.25) is 0 Å². The van der Waals surface area contributed by atoms with Gasteiger partial charge in [-0.05, 0) is 49.4 Å². The number of rotatable bonds is 5. The van der Waals surface area contributed by atoms with Gasteiger partial charge in [0.15, 0.2) is 0 Å². The van der Waals surface area contributed by atoms with Crippen LogP contribution in [0.5, 0.6) is 17.5 Å². The number of nitrogens with one attached hydrogen (secondary N) is 1. The van der Waals surface area contributed by atoms with E-state index in [1.807, 2.05) is 6.92 Å². The molecule has 3 heterocycles. The van der Waals surface area contributed by atoms with Crippen molar-refractivity contribution in [2.45, 2.75) is 38.8 Å². The quantitative estimate of drug-likeness (QED) is 0.626. The van der Waals surface area contributed by atoms with Crippen molar-refractivity contribution in [3.05, 3.63) is 46.6 Å². The number of aromatic nitrogens is 2. The first-order chi connectivity index (χ1) is 15.8. The number of nitrogens with zero attached hydrogens (tertiary/aromatic N) is 3. The summed E-state index contributed by atoms with van der Waals surface area (Å²) >= 11 is 0.849. The Balaban J connectivity index is 1.46. The lowest BCUT2D eigenvalue weighted by Crippen LogP contribution is -2.46. The van der Waals surface area contributed by atoms with Crippen molar-refractivity contribution in [1.29, 1.82) is 0 Å². The van der Waals surface area contributed by atoms with E-state index in [-0.39, 0.29) is 12.1 Å². The fourth-order valence-electron chi connectivity index (χ4n) is 3.67. The standard InChI is InChI=1S/C22H22N4O6S/c1-12-8-16(6-7-26(12)22(29)30)32-20-13(2)19(23-11-24-20)31-15-5-3-4-14(9-15)10-17-18(27)25-21(28)33-17/h3-5,9-12,16H,6-8H2,1-2H3,(H,29,30)(H,25,27,28)/b17-10-. The lowest BCUT2D eigenvalue weighted by Gasteiger charge is -2.35. The van der Waals surface area contributed by atoms with Crippen LogP contribution >= 0.6 is 11.8 Å². The van der Waals surface area contributed by atoms with Gasteiger partial charge in [-0.1, -0.05) is 12.1 Å². The molecule has 11 heteroatoms. The van der Waals surface area contributed by atoms with Gasteiger partial charge in [0.2, 0.25) is 11.8 Å². The summed E-state index contributed by atoms with van der Waals surface area (Å²) < 4.78 is 12.0. The second-order valence-electron chi connectivity index (χ2n) is 7.72. The van der Waals surface area contributed by atoms with Crippen LogP contribution in [0.4, 0.5) is 9.59 Å². The first-order valence-electron chi connectivity index (χ1n) is 10.3. The van der Waals surface area contributed by atoms with Gasteiger partial charge >= 0.3 is 6.09 Å². The molecule has 2 atom stereocenters. The molecule has 2 fully saturated rings. The Morgan fingerprint density at radius 2 is 2.09 bits per heavy atom. The van der Waals surface area contributed by atoms with E-state index in [1.54, 1.807) is 37.3 Å². The lowest BCUT2D eigenvalue weighted by atomic mass is 10.0. The highest BCUT2D eigenvalue weighted by molar-refractivity contribution is 8.18. The molecule has 0 saturated carbocycles. The summed E-state index contributed by atoms with van der Waals surface area (Å²) in [6.07, 6.45) is 3.02. The predicted molar refractivity (Wildman–Crippen MR) is 120 cm³/mol. The van der Waals surface area contributed by atoms with Crippen LogP contribution < -0.4 is 14.8 Å². The van der Waals surface area contributed by atoms with Gasteiger partial charge in [0.1, 0.15) is 18.2 Å². The van der Waals surface area contributed by atoms with E-state index in [2.05, 4.69) is 15.3 Å². The summed E-state index contributed by atoms with van der Waals surface area (Å²) in [6.45, 7) is 4.05. The topological polar surface area (TPSA) is 131 Å². The number of carboxylic acid groups (broad SMARTS) is 1. The Bertz CT molecular complexity index is 1140. The zero-order valence-corrected chi connectivity index (χ0v) is 18.8. The van der Waals surface area contributed by atoms with Crippen LogP contribution in [-0.2, 0) is 4.79 Å². The molecule has 2 N–H and O–H groups in total. The Labute approximate surface area is 194 Å². The van der Waals surface area contributed by atoms with Crippen molar-refractivity contribution in [1.82, 2.24) is 20.2 Å². The highest BCUT2D eigenvalue weighted by atomic mass is 32.2. The first-order valence-corrected chi connectivity index (χ1v) is 11.1. The van der Waals surface area contributed by atoms with Gasteiger partial charge < -0.3 is 19.5 Å². The van der Waals surface area contributed by atoms with E-state index >= 15 is 0 Å². The number of amides is 3. The Morgan fingerprint density at radius 3 is 2.79 bits per heavy atom. The number of piperidine rings is 1. The van der Waals surface area contributed by atoms with Crippen LogP contribution in [0.3, 0.4) is 0 Å². The van der Waals surface area contributed by atoms with Crippen LogP contribution in [0, 0.1) is 6.92 Å². The Hall–Kier alpha value is -3.60. The Kier molecular flexibility index (Phi) is 6.50. The van der Waals surface area contributed by atoms with Gasteiger partial charge in [-0.2, -0.15) is 0 Å². The van der Waals surface area contributed by atoms with Gasteiger partial charge in [-0.25, -0.2) is 14.8 Å². The number of benzene rings is 1. The molecule has 2 aromatic rings. The van der Waals surface area contributed by atoms with Gasteiger partial charge in [0.25, 0.3) is 11.1 Å². The molecule has 172 valence electrons. The molecular weight excluding hydrogens is 448 g/mol. The van der Waals surface area contributed by atoms with E-state index in [0.717, 1.165) is 11.8 Å². The maximum atomic E-state index is 11.8. The summed E-state index contributed by atoms with van der Waals surface area (Å²) in [6, 6.07) is 6.90. The molecule has 3 amide bonds. The van der Waals surface area contributed by atoms with Crippen LogP contribution in [0.25, 0.3) is 6.08 Å². The van der Waals surface area contributed by atoms with E-state index in [1.165, 1.54) is 11.2 Å². The van der Waals surface area contributed by atoms with Gasteiger partial charge in [0.05, 0.1) is 10.5 Å². The van der Waals surface area contributed by atoms with Crippen LogP contribution in [0.15, 0.2) is 35.5 Å². The molecule has 1 aromatic carbocycles. The zero-order valence-electron chi connectivity index (χ0n) is 18.0. The van der Waals surface area contributed by atoms with Crippen LogP contribution in [0.1, 0.15) is 30.9 Å². The van der Waals surface area contributed by atoms with Crippen molar-refractivity contribution in [2.75, 3.05) is 6.54 Å². The molecule has 2 saturated heterocycles. The summed E-state index contributed by atoms with van der Waals surface area (Å²) in [5, 5.41) is 11.1. The number of imide groups is 1. The number of ether oxygens (including phenoxy) is 2. The molecule has 0 spiro atoms. The first kappa shape index (κ1) is 22.6. The van der Waals surface area contributed by atoms with E-state index in [0.29, 0.717) is 52.9 Å². The third kappa shape index (κ3) is 5.25. The smallest absolute Gasteiger partial charge is 0.407 e. The molecule has 1 aromatic heterocycles. The van der Waals surface area contributed by atoms with Crippen molar-refractivity contribution in [3.8, 4) is 17.5 Å². The van der Waals surface area contributed by atoms with Crippen molar-refractivity contribution >= 4 is 35.1 Å². The molecule has 0 radical (unpaired) electrons. The third-order valence-corrected chi connectivity index (χ3v) is 6.17. The third-order valence-electron chi connectivity index (χ3n) is 5.36. The number of carbonyl (C=O) groups excluding carboxylic acids is 2. The average molecular weight is 471 g/mol. The Morgan fingerprint density at radius 1 is 1.30 bits per heavy atom. The molecule has 0 aliphatic carbocycles. The molecule has 0 bridgehead atoms. The molecule has 2 unspecified atom stereocenters. The van der Waals surface area contributed by atoms with E-state index < -0.39 is 17.2 Å². The second kappa shape index (κ2) is 9.49. The number of hydrogen-bond acceptors (Lipinski definition) is 8. The summed E-state index contributed by atoms with van der Waals surface area (Å²) in [4.78, 5) is 44.5. The van der Waals surface area contributed by atoms with Gasteiger partial charge in [0, 0.05) is 25.4 Å². The predicted octanol–water partition coefficient (Wildman–Crippen LogP) is 3.81. The van der Waals surface area contributed by atoms with Crippen molar-refractivity contribution in [3.63, 3.8) is 0 Å². The second-order valence-corrected chi connectivity index (χ2v) is 8.74. The normalized spacial score (nSPS) is 21.8. The van der Waals surface area contributed by atoms with E-state index in [9.17, 15) is 19.5 Å². The minimum Gasteiger partial charge on any atom is -0.474 e. The number of thioether (sulfide) groups is 1. The largest absolute Gasteiger partial charge is 0.474 e. The molecule has 2 aliphatic rings. The van der Waals surface area contributed by atoms with Gasteiger partial charge in [-0.3, -0.25) is 14.9 Å². The van der Waals surface area contributed by atoms with Gasteiger partial charge in [-0.15, -0.1) is 0 Å². The summed E-state index contributed by atoms with van der Waals surface area (Å²) in [5.74, 6) is 0.782. The maximum Gasteiger partial charge on any atom is 0.407 e. The monoisotopic (exact) mass is 470 g/mol. The molecule has 33 heavy (non-hydrogen) atoms. The number of likely N-dealkylation sites (tertiary alicyclic amines) is 1. The molecule has 4 rings (SSSR count). The highest BCUT2D eigenvalue weighted by Crippen LogP contribution is 2.31. The highest BCUT2D eigenvalue weighted by Gasteiger charge is 2.30. The fourth-order valence-corrected chi connectivity index (χ4v) is 4.35. The van der Waals surface area contributed by atoms with Crippen molar-refractivity contribution in [2.24, 2.45) is 0 Å². The van der Waals surface area contributed by atoms with E-state index in [4.69, 9.17) is 9.47 Å². The fraction of sp³-hybridized carbons (Fsp3) is 0.318. The van der Waals surface area contributed by atoms with Crippen LogP contribution in [-0.4, -0.2) is 55.9 Å². The minimum absolute atomic E-state index is 0.147. The molecule has 10 nitrogen and oxygen atoms in total. The molecular formula is C22H22N4O6S. The summed E-state index contributed by atoms with van der Waals surface area (Å²) in [5.41, 5.74) is 1.31. The molecule has 2 aliphatic heterocycles. The zero-order chi connectivity index (χ0) is 23.5. The average Bonchev–Trinajstić information content (AvgIpc) is 3.07. The SMILES string of the molecule is Cc1c(Oc2cccc(/C=C3\SC(=O)NC3=O)c2)ncnc1OC1CCN(C(=O)O)C(C)C1. The maximum absolute atomic E-state index is 11.8. The lowest BCUT2D eigenvalue weighted by molar-refractivity contribution is -0.115. The summed E-state index contributed by atoms with van der Waals surface area (Å²) in [7, 11) is 0. The number of hydrogen-bond donors (Lipinski definition) is 2.